The molecule has 0 aromatic heterocycles. The zero-order valence-electron chi connectivity index (χ0n) is 54.5. The molecule has 0 aliphatic carbocycles. The van der Waals surface area contributed by atoms with Gasteiger partial charge in [-0.05, 0) is 96.3 Å². The maximum Gasteiger partial charge on any atom is 0.220 e. The predicted molar refractivity (Wildman–Crippen MR) is 368 cm³/mol. The molecule has 0 aromatic rings. The number of carbonyl (C=O) groups is 1. The molecule has 82 heavy (non-hydrogen) atoms. The summed E-state index contributed by atoms with van der Waals surface area (Å²) in [4.78, 5) is 12.5. The normalized spacial score (nSPS) is 13.5. The first-order chi connectivity index (χ1) is 40.7. The fourth-order valence-electron chi connectivity index (χ4n) is 10.6. The third-order valence-electron chi connectivity index (χ3n) is 15.9. The Morgan fingerprint density at radius 2 is 0.549 bits per heavy atom. The molecule has 0 aromatic carbocycles. The monoisotopic (exact) mass is 1140 g/mol. The number of hydrogen-bond acceptors (Lipinski definition) is 3. The van der Waals surface area contributed by atoms with Crippen LogP contribution in [-0.4, -0.2) is 34.9 Å². The molecule has 0 saturated heterocycles. The molecule has 472 valence electrons. The van der Waals surface area contributed by atoms with Gasteiger partial charge < -0.3 is 15.5 Å². The van der Waals surface area contributed by atoms with Gasteiger partial charge in [-0.25, -0.2) is 0 Å². The second kappa shape index (κ2) is 72.1. The summed E-state index contributed by atoms with van der Waals surface area (Å²) in [5.74, 6) is -0.0729. The van der Waals surface area contributed by atoms with Crippen molar-refractivity contribution in [2.24, 2.45) is 0 Å². The molecule has 4 nitrogen and oxygen atoms in total. The standard InChI is InChI=1S/C78H137NO3/c1-3-5-7-9-11-13-15-17-19-21-23-25-27-29-31-33-34-35-36-37-38-39-40-41-42-43-44-46-48-50-52-54-56-58-60-62-64-66-68-70-72-74-78(82)79-76(75-80)77(81)73-71-69-67-65-63-61-59-57-55-53-51-49-47-45-32-30-28-26-24-22-20-18-16-14-12-10-8-6-4-2/h5,7,11,13,17,19,23,25,29,31,34-35,37-38,40-41,63,65,71,73,76-77,80-81H,3-4,6,8-10,12,14-16,18,20-22,24,26-28,30,32-33,36,39,42-62,64,66-70,72,74-75H2,1-2H3,(H,79,82)/b7-5-,13-11-,19-17-,25-23-,31-29-,35-34-,38-37-,41-40-,65-63+,73-71+. The Labute approximate surface area is 511 Å². The lowest BCUT2D eigenvalue weighted by atomic mass is 10.0. The Morgan fingerprint density at radius 1 is 0.305 bits per heavy atom. The summed E-state index contributed by atoms with van der Waals surface area (Å²) < 4.78 is 0. The van der Waals surface area contributed by atoms with E-state index in [1.165, 1.54) is 244 Å². The number of hydrogen-bond donors (Lipinski definition) is 3. The average Bonchev–Trinajstić information content (AvgIpc) is 3.50. The van der Waals surface area contributed by atoms with Gasteiger partial charge in [-0.3, -0.25) is 4.79 Å². The molecule has 0 fully saturated rings. The first-order valence-corrected chi connectivity index (χ1v) is 35.7. The molecule has 0 aliphatic rings. The molecular weight excluding hydrogens is 999 g/mol. The lowest BCUT2D eigenvalue weighted by Gasteiger charge is -2.19. The van der Waals surface area contributed by atoms with Crippen LogP contribution in [0.1, 0.15) is 348 Å². The molecule has 0 heterocycles. The fourth-order valence-corrected chi connectivity index (χ4v) is 10.6. The van der Waals surface area contributed by atoms with Crippen molar-refractivity contribution in [1.82, 2.24) is 5.32 Å². The van der Waals surface area contributed by atoms with Crippen LogP contribution in [-0.2, 0) is 4.79 Å². The number of aliphatic hydroxyl groups is 2. The number of nitrogens with one attached hydrogen (secondary N) is 1. The van der Waals surface area contributed by atoms with Gasteiger partial charge in [0.2, 0.25) is 5.91 Å². The Kier molecular flexibility index (Phi) is 69.2. The molecule has 0 saturated carbocycles. The van der Waals surface area contributed by atoms with E-state index in [-0.39, 0.29) is 12.5 Å². The highest BCUT2D eigenvalue weighted by molar-refractivity contribution is 5.76. The van der Waals surface area contributed by atoms with Gasteiger partial charge in [0.25, 0.3) is 0 Å². The molecule has 0 radical (unpaired) electrons. The predicted octanol–water partition coefficient (Wildman–Crippen LogP) is 24.7. The molecule has 2 unspecified atom stereocenters. The van der Waals surface area contributed by atoms with Crippen LogP contribution in [0, 0.1) is 0 Å². The molecule has 4 heteroatoms. The van der Waals surface area contributed by atoms with Crippen LogP contribution in [0.2, 0.25) is 0 Å². The van der Waals surface area contributed by atoms with Gasteiger partial charge in [0.1, 0.15) is 0 Å². The number of allylic oxidation sites excluding steroid dienone is 19. The van der Waals surface area contributed by atoms with E-state index in [1.54, 1.807) is 6.08 Å². The van der Waals surface area contributed by atoms with Crippen molar-refractivity contribution in [3.05, 3.63) is 122 Å². The lowest BCUT2D eigenvalue weighted by molar-refractivity contribution is -0.123. The van der Waals surface area contributed by atoms with Crippen molar-refractivity contribution < 1.29 is 15.0 Å². The third-order valence-corrected chi connectivity index (χ3v) is 15.9. The maximum atomic E-state index is 12.5. The first kappa shape index (κ1) is 78.8. The van der Waals surface area contributed by atoms with Gasteiger partial charge in [-0.2, -0.15) is 0 Å². The van der Waals surface area contributed by atoms with E-state index in [4.69, 9.17) is 0 Å². The van der Waals surface area contributed by atoms with E-state index in [2.05, 4.69) is 129 Å². The molecule has 0 spiro atoms. The van der Waals surface area contributed by atoms with Crippen molar-refractivity contribution in [1.29, 1.82) is 0 Å². The molecule has 1 amide bonds. The largest absolute Gasteiger partial charge is 0.394 e. The van der Waals surface area contributed by atoms with Crippen LogP contribution in [0.3, 0.4) is 0 Å². The van der Waals surface area contributed by atoms with E-state index >= 15 is 0 Å². The molecule has 0 aliphatic heterocycles. The Morgan fingerprint density at radius 3 is 0.854 bits per heavy atom. The zero-order chi connectivity index (χ0) is 59.1. The van der Waals surface area contributed by atoms with E-state index in [9.17, 15) is 15.0 Å². The summed E-state index contributed by atoms with van der Waals surface area (Å²) in [5.41, 5.74) is 0. The fraction of sp³-hybridized carbons (Fsp3) is 0.731. The molecule has 2 atom stereocenters. The second-order valence-electron chi connectivity index (χ2n) is 23.9. The van der Waals surface area contributed by atoms with Gasteiger partial charge in [0.05, 0.1) is 18.8 Å². The first-order valence-electron chi connectivity index (χ1n) is 35.7. The highest BCUT2D eigenvalue weighted by Crippen LogP contribution is 2.18. The number of carbonyl (C=O) groups excluding carboxylic acids is 1. The number of amides is 1. The minimum atomic E-state index is -0.870. The van der Waals surface area contributed by atoms with Crippen LogP contribution in [0.4, 0.5) is 0 Å². The summed E-state index contributed by atoms with van der Waals surface area (Å²) in [6.07, 6.45) is 110. The molecule has 0 bridgehead atoms. The molecule has 0 rings (SSSR count). The average molecular weight is 1140 g/mol. The van der Waals surface area contributed by atoms with Crippen molar-refractivity contribution >= 4 is 5.91 Å². The summed E-state index contributed by atoms with van der Waals surface area (Å²) in [5, 5.41) is 23.3. The van der Waals surface area contributed by atoms with Gasteiger partial charge >= 0.3 is 0 Å². The van der Waals surface area contributed by atoms with Gasteiger partial charge in [0.15, 0.2) is 0 Å². The van der Waals surface area contributed by atoms with Crippen molar-refractivity contribution in [2.75, 3.05) is 6.61 Å². The summed E-state index contributed by atoms with van der Waals surface area (Å²) >= 11 is 0. The van der Waals surface area contributed by atoms with E-state index in [0.29, 0.717) is 6.42 Å². The Bertz CT molecular complexity index is 1570. The highest BCUT2D eigenvalue weighted by Gasteiger charge is 2.18. The van der Waals surface area contributed by atoms with Gasteiger partial charge in [-0.15, -0.1) is 0 Å². The maximum absolute atomic E-state index is 12.5. The van der Waals surface area contributed by atoms with E-state index < -0.39 is 12.1 Å². The van der Waals surface area contributed by atoms with Gasteiger partial charge in [0, 0.05) is 6.42 Å². The van der Waals surface area contributed by atoms with Crippen LogP contribution in [0.15, 0.2) is 122 Å². The SMILES string of the molecule is CC/C=C\C/C=C\C/C=C\C/C=C\C/C=C\C/C=C\C/C=C\C/C=C\CCCCCCCCCCCCCCCCCCC(=O)NC(CO)C(O)/C=C/CC/C=C/CCCCCCCCCCCCCCCCCCCCCCCCC. The highest BCUT2D eigenvalue weighted by atomic mass is 16.3. The van der Waals surface area contributed by atoms with Crippen LogP contribution < -0.4 is 5.32 Å². The van der Waals surface area contributed by atoms with Crippen molar-refractivity contribution in [3.63, 3.8) is 0 Å². The second-order valence-corrected chi connectivity index (χ2v) is 23.9. The number of rotatable bonds is 65. The van der Waals surface area contributed by atoms with Crippen LogP contribution in [0.25, 0.3) is 0 Å². The van der Waals surface area contributed by atoms with Crippen LogP contribution in [0.5, 0.6) is 0 Å². The summed E-state index contributed by atoms with van der Waals surface area (Å²) in [6.45, 7) is 4.21. The summed E-state index contributed by atoms with van der Waals surface area (Å²) in [7, 11) is 0. The lowest BCUT2D eigenvalue weighted by Crippen LogP contribution is -2.45. The number of aliphatic hydroxyl groups excluding tert-OH is 2. The third kappa shape index (κ3) is 67.6. The van der Waals surface area contributed by atoms with Crippen molar-refractivity contribution in [3.8, 4) is 0 Å². The van der Waals surface area contributed by atoms with Gasteiger partial charge in [-0.1, -0.05) is 367 Å². The quantitative estimate of drug-likeness (QED) is 0.0420. The van der Waals surface area contributed by atoms with Crippen LogP contribution >= 0.6 is 0 Å². The zero-order valence-corrected chi connectivity index (χ0v) is 54.5. The van der Waals surface area contributed by atoms with E-state index in [0.717, 1.165) is 83.5 Å². The minimum absolute atomic E-state index is 0.0729. The minimum Gasteiger partial charge on any atom is -0.394 e. The Balaban J connectivity index is 3.52. The molecular formula is C78H137NO3. The molecule has 3 N–H and O–H groups in total. The van der Waals surface area contributed by atoms with E-state index in [1.807, 2.05) is 6.08 Å². The van der Waals surface area contributed by atoms with Crippen molar-refractivity contribution in [2.45, 2.75) is 360 Å². The smallest absolute Gasteiger partial charge is 0.220 e. The topological polar surface area (TPSA) is 69.6 Å². The Hall–Kier alpha value is -3.21. The summed E-state index contributed by atoms with van der Waals surface area (Å²) in [6, 6.07) is -0.647. The number of unbranched alkanes of at least 4 members (excludes halogenated alkanes) is 40.